The molecule has 1 aliphatic rings. The topological polar surface area (TPSA) is 113 Å². The summed E-state index contributed by atoms with van der Waals surface area (Å²) in [6.07, 6.45) is 0.384. The molecule has 1 fully saturated rings. The highest BCUT2D eigenvalue weighted by atomic mass is 35.5. The lowest BCUT2D eigenvalue weighted by Gasteiger charge is -2.24. The van der Waals surface area contributed by atoms with Gasteiger partial charge >= 0.3 is 1.43 Å². The van der Waals surface area contributed by atoms with Crippen LogP contribution in [-0.4, -0.2) is 52.8 Å². The van der Waals surface area contributed by atoms with E-state index in [1.165, 1.54) is 4.57 Å². The van der Waals surface area contributed by atoms with Crippen LogP contribution in [0.3, 0.4) is 0 Å². The molecule has 0 radical (unpaired) electrons. The number of hydrogen-bond acceptors (Lipinski definition) is 6. The number of anilines is 1. The molecule has 1 aromatic carbocycles. The fraction of sp³-hybridized carbons (Fsp3) is 0.389. The Balaban J connectivity index is 0.00000210. The van der Waals surface area contributed by atoms with E-state index in [4.69, 9.17) is 0 Å². The van der Waals surface area contributed by atoms with Crippen molar-refractivity contribution in [3.8, 4) is 0 Å². The zero-order chi connectivity index (χ0) is 19.7. The number of benzene rings is 1. The summed E-state index contributed by atoms with van der Waals surface area (Å²) in [5.41, 5.74) is 0.356. The number of likely N-dealkylation sites (N-methyl/N-ethyl adjacent to an activating group) is 1. The molecule has 1 aliphatic heterocycles. The van der Waals surface area contributed by atoms with Crippen molar-refractivity contribution in [2.45, 2.75) is 25.8 Å². The molecule has 28 heavy (non-hydrogen) atoms. The molecule has 1 unspecified atom stereocenters. The van der Waals surface area contributed by atoms with Gasteiger partial charge in [-0.15, -0.1) is 0 Å². The number of aromatic nitrogens is 2. The number of rotatable bonds is 4. The highest BCUT2D eigenvalue weighted by molar-refractivity contribution is 6.02. The van der Waals surface area contributed by atoms with Crippen LogP contribution in [0.4, 0.5) is 5.69 Å². The average molecular weight is 408 g/mol. The lowest BCUT2D eigenvalue weighted by Crippen LogP contribution is -3.00. The van der Waals surface area contributed by atoms with E-state index in [2.05, 4.69) is 15.6 Å². The summed E-state index contributed by atoms with van der Waals surface area (Å²) in [5, 5.41) is 5.23. The monoisotopic (exact) mass is 407 g/mol. The van der Waals surface area contributed by atoms with E-state index in [1.807, 2.05) is 0 Å². The Kier molecular flexibility index (Phi) is 6.52. The molecule has 150 valence electrons. The number of fused-ring (bicyclic) bond motifs is 1. The molecule has 1 aromatic heterocycles. The Morgan fingerprint density at radius 1 is 1.36 bits per heavy atom. The highest BCUT2D eigenvalue weighted by Crippen LogP contribution is 2.23. The number of carbonyl (C=O) groups is 3. The second kappa shape index (κ2) is 8.49. The first-order valence-electron chi connectivity index (χ1n) is 8.58. The highest BCUT2D eigenvalue weighted by Gasteiger charge is 2.30. The van der Waals surface area contributed by atoms with Crippen LogP contribution in [0.25, 0.3) is 10.9 Å². The van der Waals surface area contributed by atoms with Crippen LogP contribution in [0.1, 0.15) is 26.1 Å². The van der Waals surface area contributed by atoms with Gasteiger partial charge in [0.05, 0.1) is 23.1 Å². The molecule has 2 heterocycles. The minimum absolute atomic E-state index is 0. The van der Waals surface area contributed by atoms with Crippen molar-refractivity contribution < 1.29 is 28.2 Å². The molecule has 2 aromatic rings. The van der Waals surface area contributed by atoms with Crippen molar-refractivity contribution in [1.82, 2.24) is 19.8 Å². The first-order valence-corrected chi connectivity index (χ1v) is 8.58. The molecule has 0 spiro atoms. The van der Waals surface area contributed by atoms with Crippen LogP contribution in [0.15, 0.2) is 23.0 Å². The Bertz CT molecular complexity index is 1010. The van der Waals surface area contributed by atoms with E-state index < -0.39 is 17.5 Å². The quantitative estimate of drug-likeness (QED) is 0.533. The van der Waals surface area contributed by atoms with E-state index in [9.17, 15) is 19.2 Å². The number of carbonyl (C=O) groups excluding carboxylic acids is 3. The van der Waals surface area contributed by atoms with Gasteiger partial charge in [-0.1, -0.05) is 6.07 Å². The van der Waals surface area contributed by atoms with Crippen molar-refractivity contribution in [3.05, 3.63) is 34.4 Å². The largest absolute Gasteiger partial charge is 1.00 e. The molecule has 0 bridgehead atoms. The predicted molar refractivity (Wildman–Crippen MR) is 100 cm³/mol. The second-order valence-corrected chi connectivity index (χ2v) is 6.79. The van der Waals surface area contributed by atoms with Crippen LogP contribution in [0.2, 0.25) is 0 Å². The van der Waals surface area contributed by atoms with Crippen LogP contribution in [-0.2, 0) is 14.4 Å². The summed E-state index contributed by atoms with van der Waals surface area (Å²) in [6, 6.07) is 4.21. The molecule has 2 N–H and O–H groups in total. The molecule has 9 nitrogen and oxygen atoms in total. The van der Waals surface area contributed by atoms with Gasteiger partial charge in [0.25, 0.3) is 5.56 Å². The minimum Gasteiger partial charge on any atom is -1.00 e. The van der Waals surface area contributed by atoms with Gasteiger partial charge in [-0.2, -0.15) is 0 Å². The Labute approximate surface area is 169 Å². The normalized spacial score (nSPS) is 16.6. The number of amides is 3. The fourth-order valence-electron chi connectivity index (χ4n) is 3.23. The van der Waals surface area contributed by atoms with E-state index >= 15 is 0 Å². The van der Waals surface area contributed by atoms with E-state index in [1.54, 1.807) is 44.1 Å². The van der Waals surface area contributed by atoms with Gasteiger partial charge in [0.2, 0.25) is 17.7 Å². The predicted octanol–water partition coefficient (Wildman–Crippen LogP) is -2.70. The summed E-state index contributed by atoms with van der Waals surface area (Å²) < 4.78 is 1.30. The van der Waals surface area contributed by atoms with Crippen LogP contribution in [0, 0.1) is 6.92 Å². The number of halogens is 1. The SMILES string of the molecule is Cc1nc2cccc(NC(=O)CN(C)C)c2c(=O)n1C1CCC(=O)NC1=O.[Cl-].[H+]. The first kappa shape index (κ1) is 21.5. The maximum absolute atomic E-state index is 13.2. The zero-order valence-corrected chi connectivity index (χ0v) is 16.5. The molecule has 1 atom stereocenters. The van der Waals surface area contributed by atoms with Gasteiger partial charge in [0.1, 0.15) is 11.9 Å². The van der Waals surface area contributed by atoms with Gasteiger partial charge in [-0.05, 0) is 39.6 Å². The Morgan fingerprint density at radius 3 is 2.71 bits per heavy atom. The van der Waals surface area contributed by atoms with Crippen molar-refractivity contribution in [2.75, 3.05) is 26.0 Å². The summed E-state index contributed by atoms with van der Waals surface area (Å²) in [6.45, 7) is 1.80. The third kappa shape index (κ3) is 4.20. The number of imide groups is 1. The van der Waals surface area contributed by atoms with Gasteiger partial charge < -0.3 is 22.6 Å². The number of nitrogens with zero attached hydrogens (tertiary/aromatic N) is 3. The molecular weight excluding hydrogens is 386 g/mol. The van der Waals surface area contributed by atoms with Crippen LogP contribution < -0.4 is 28.6 Å². The third-order valence-electron chi connectivity index (χ3n) is 4.36. The van der Waals surface area contributed by atoms with E-state index in [0.717, 1.165) is 0 Å². The Morgan fingerprint density at radius 2 is 2.07 bits per heavy atom. The second-order valence-electron chi connectivity index (χ2n) is 6.79. The summed E-state index contributed by atoms with van der Waals surface area (Å²) in [5.74, 6) is -0.766. The number of piperidine rings is 1. The lowest BCUT2D eigenvalue weighted by atomic mass is 10.1. The van der Waals surface area contributed by atoms with E-state index in [0.29, 0.717) is 17.0 Å². The van der Waals surface area contributed by atoms with Crippen LogP contribution in [0.5, 0.6) is 0 Å². The minimum atomic E-state index is -0.808. The Hall–Kier alpha value is -2.78. The standard InChI is InChI=1S/C18H21N5O4.ClH/c1-10-19-11-5-4-6-12(20-15(25)9-22(2)3)16(11)18(27)23(10)13-7-8-14(24)21-17(13)26;/h4-6,13H,7-9H2,1-3H3,(H,20,25)(H,21,24,26);1H. The number of hydrogen-bond donors (Lipinski definition) is 2. The van der Waals surface area contributed by atoms with Crippen molar-refractivity contribution >= 4 is 34.3 Å². The maximum atomic E-state index is 13.2. The van der Waals surface area contributed by atoms with Crippen molar-refractivity contribution in [2.24, 2.45) is 0 Å². The van der Waals surface area contributed by atoms with Crippen molar-refractivity contribution in [1.29, 1.82) is 0 Å². The average Bonchev–Trinajstić information content (AvgIpc) is 2.55. The molecular formula is C18H22ClN5O4. The summed E-state index contributed by atoms with van der Waals surface area (Å²) in [4.78, 5) is 55.1. The molecule has 0 aliphatic carbocycles. The van der Waals surface area contributed by atoms with E-state index in [-0.39, 0.29) is 50.4 Å². The van der Waals surface area contributed by atoms with Gasteiger partial charge in [0, 0.05) is 6.42 Å². The molecule has 10 heteroatoms. The van der Waals surface area contributed by atoms with Crippen LogP contribution >= 0.6 is 0 Å². The molecule has 1 saturated heterocycles. The zero-order valence-electron chi connectivity index (χ0n) is 16.8. The molecule has 0 saturated carbocycles. The lowest BCUT2D eigenvalue weighted by molar-refractivity contribution is -0.135. The summed E-state index contributed by atoms with van der Waals surface area (Å²) in [7, 11) is 3.53. The fourth-order valence-corrected chi connectivity index (χ4v) is 3.23. The number of aryl methyl sites for hydroxylation is 1. The van der Waals surface area contributed by atoms with Gasteiger partial charge in [-0.3, -0.25) is 29.1 Å². The first-order chi connectivity index (χ1) is 12.8. The molecule has 3 amide bonds. The number of nitrogens with one attached hydrogen (secondary N) is 2. The van der Waals surface area contributed by atoms with Gasteiger partial charge in [-0.25, -0.2) is 4.98 Å². The third-order valence-corrected chi connectivity index (χ3v) is 4.36. The van der Waals surface area contributed by atoms with Gasteiger partial charge in [0.15, 0.2) is 0 Å². The molecule has 3 rings (SSSR count). The smallest absolute Gasteiger partial charge is 1.00 e. The summed E-state index contributed by atoms with van der Waals surface area (Å²) >= 11 is 0. The van der Waals surface area contributed by atoms with Crippen molar-refractivity contribution in [3.63, 3.8) is 0 Å². The maximum Gasteiger partial charge on any atom is 1.00 e.